The van der Waals surface area contributed by atoms with Gasteiger partial charge in [-0.3, -0.25) is 9.88 Å². The normalized spacial score (nSPS) is 19.4. The van der Waals surface area contributed by atoms with E-state index in [1.54, 1.807) is 13.1 Å². The number of alkyl halides is 3. The maximum Gasteiger partial charge on any atom is 0.416 e. The van der Waals surface area contributed by atoms with Gasteiger partial charge < -0.3 is 20.3 Å². The van der Waals surface area contributed by atoms with Crippen LogP contribution >= 0.6 is 0 Å². The summed E-state index contributed by atoms with van der Waals surface area (Å²) < 4.78 is 46.8. The number of urea groups is 1. The second-order valence-corrected chi connectivity index (χ2v) is 9.64. The van der Waals surface area contributed by atoms with Gasteiger partial charge in [-0.25, -0.2) is 4.79 Å². The minimum Gasteiger partial charge on any atom is -0.493 e. The Morgan fingerprint density at radius 3 is 2.68 bits per heavy atom. The fourth-order valence-electron chi connectivity index (χ4n) is 5.36. The molecular formula is C27H30F3N5O2. The van der Waals surface area contributed by atoms with Crippen LogP contribution in [0, 0.1) is 6.92 Å². The summed E-state index contributed by atoms with van der Waals surface area (Å²) in [4.78, 5) is 20.6. The summed E-state index contributed by atoms with van der Waals surface area (Å²) in [5, 5.41) is 6.65. The van der Waals surface area contributed by atoms with E-state index in [-0.39, 0.29) is 17.8 Å². The van der Waals surface area contributed by atoms with Crippen molar-refractivity contribution in [3.63, 3.8) is 0 Å². The van der Waals surface area contributed by atoms with Crippen LogP contribution in [0.1, 0.15) is 24.1 Å². The molecular weight excluding hydrogens is 483 g/mol. The summed E-state index contributed by atoms with van der Waals surface area (Å²) in [7, 11) is 1.64. The summed E-state index contributed by atoms with van der Waals surface area (Å²) >= 11 is 0. The molecule has 0 spiro atoms. The van der Waals surface area contributed by atoms with E-state index in [4.69, 9.17) is 4.74 Å². The molecule has 10 heteroatoms. The van der Waals surface area contributed by atoms with Gasteiger partial charge in [0, 0.05) is 67.3 Å². The lowest BCUT2D eigenvalue weighted by Gasteiger charge is -2.33. The summed E-state index contributed by atoms with van der Waals surface area (Å²) in [6, 6.07) is 13.5. The van der Waals surface area contributed by atoms with Crippen LogP contribution in [-0.2, 0) is 6.18 Å². The Hall–Kier alpha value is -3.53. The average Bonchev–Trinajstić information content (AvgIpc) is 3.46. The summed E-state index contributed by atoms with van der Waals surface area (Å²) in [5.74, 6) is 0.168. The molecule has 7 nitrogen and oxygen atoms in total. The fraction of sp³-hybridized carbons (Fsp3) is 0.407. The molecule has 2 bridgehead atoms. The van der Waals surface area contributed by atoms with Crippen LogP contribution in [0.25, 0.3) is 10.9 Å². The molecule has 37 heavy (non-hydrogen) atoms. The van der Waals surface area contributed by atoms with Gasteiger partial charge in [-0.15, -0.1) is 0 Å². The van der Waals surface area contributed by atoms with Gasteiger partial charge in [-0.1, -0.05) is 18.2 Å². The zero-order valence-corrected chi connectivity index (χ0v) is 20.8. The van der Waals surface area contributed by atoms with Crippen molar-refractivity contribution in [3.8, 4) is 5.75 Å². The third kappa shape index (κ3) is 5.44. The Balaban J connectivity index is 1.25. The van der Waals surface area contributed by atoms with Crippen LogP contribution in [-0.4, -0.2) is 66.2 Å². The van der Waals surface area contributed by atoms with Crippen molar-refractivity contribution >= 4 is 28.3 Å². The third-order valence-corrected chi connectivity index (χ3v) is 7.04. The van der Waals surface area contributed by atoms with E-state index in [0.29, 0.717) is 37.0 Å². The maximum atomic E-state index is 13.7. The quantitative estimate of drug-likeness (QED) is 0.427. The molecule has 0 saturated carbocycles. The van der Waals surface area contributed by atoms with E-state index in [0.717, 1.165) is 48.2 Å². The number of aromatic nitrogens is 1. The number of rotatable bonds is 7. The second-order valence-electron chi connectivity index (χ2n) is 9.64. The minimum absolute atomic E-state index is 0.0423. The molecule has 2 saturated heterocycles. The number of likely N-dealkylation sites (tertiary alicyclic amines) is 2. The van der Waals surface area contributed by atoms with Crippen molar-refractivity contribution in [1.29, 1.82) is 0 Å². The smallest absolute Gasteiger partial charge is 0.416 e. The molecule has 2 aromatic carbocycles. The van der Waals surface area contributed by atoms with Gasteiger partial charge >= 0.3 is 12.2 Å². The van der Waals surface area contributed by atoms with Gasteiger partial charge in [0.1, 0.15) is 5.75 Å². The minimum atomic E-state index is -4.50. The number of nitrogens with one attached hydrogen (secondary N) is 2. The Labute approximate surface area is 213 Å². The Bertz CT molecular complexity index is 1300. The monoisotopic (exact) mass is 513 g/mol. The zero-order valence-electron chi connectivity index (χ0n) is 20.8. The molecule has 3 heterocycles. The average molecular weight is 514 g/mol. The molecule has 2 atom stereocenters. The number of halogens is 3. The van der Waals surface area contributed by atoms with Gasteiger partial charge in [-0.05, 0) is 44.0 Å². The molecule has 0 radical (unpaired) electrons. The predicted octanol–water partition coefficient (Wildman–Crippen LogP) is 5.17. The van der Waals surface area contributed by atoms with Crippen molar-refractivity contribution < 1.29 is 22.7 Å². The number of carbonyl (C=O) groups is 1. The van der Waals surface area contributed by atoms with Crippen LogP contribution in [0.3, 0.4) is 0 Å². The zero-order chi connectivity index (χ0) is 26.2. The molecule has 196 valence electrons. The number of carbonyl (C=O) groups excluding carboxylic acids is 1. The van der Waals surface area contributed by atoms with E-state index >= 15 is 0 Å². The van der Waals surface area contributed by atoms with Crippen molar-refractivity contribution in [3.05, 3.63) is 59.8 Å². The molecule has 1 aromatic heterocycles. The highest BCUT2D eigenvalue weighted by Crippen LogP contribution is 2.36. The molecule has 2 fully saturated rings. The number of pyridine rings is 1. The van der Waals surface area contributed by atoms with E-state index in [2.05, 4.69) is 20.5 Å². The van der Waals surface area contributed by atoms with Crippen LogP contribution in [0.5, 0.6) is 5.75 Å². The number of ether oxygens (including phenoxy) is 1. The lowest BCUT2D eigenvalue weighted by molar-refractivity contribution is -0.137. The highest BCUT2D eigenvalue weighted by Gasteiger charge is 2.44. The van der Waals surface area contributed by atoms with Gasteiger partial charge in [0.15, 0.2) is 0 Å². The highest BCUT2D eigenvalue weighted by atomic mass is 19.4. The number of para-hydroxylation sites is 1. The Kier molecular flexibility index (Phi) is 6.85. The number of amides is 2. The number of hydrogen-bond donors (Lipinski definition) is 2. The molecule has 3 aromatic rings. The molecule has 2 unspecified atom stereocenters. The number of fused-ring (bicyclic) bond motifs is 3. The van der Waals surface area contributed by atoms with Crippen molar-refractivity contribution in [1.82, 2.24) is 20.1 Å². The van der Waals surface area contributed by atoms with E-state index in [9.17, 15) is 18.0 Å². The first-order valence-electron chi connectivity index (χ1n) is 12.4. The summed E-state index contributed by atoms with van der Waals surface area (Å²) in [6.07, 6.45) is -2.87. The fourth-order valence-corrected chi connectivity index (χ4v) is 5.36. The number of nitrogens with zero attached hydrogens (tertiary/aromatic N) is 3. The SMILES string of the molecule is CNC(=O)N1CC2CC1CN2CCCOc1cc(Nc2cc(C)nc3ccccc23)cc(C(F)(F)F)c1. The molecule has 5 rings (SSSR count). The molecule has 2 amide bonds. The Morgan fingerprint density at radius 2 is 1.95 bits per heavy atom. The molecule has 2 N–H and O–H groups in total. The molecule has 2 aliphatic heterocycles. The number of hydrogen-bond acceptors (Lipinski definition) is 5. The lowest BCUT2D eigenvalue weighted by atomic mass is 10.1. The van der Waals surface area contributed by atoms with Crippen molar-refractivity contribution in [2.24, 2.45) is 0 Å². The van der Waals surface area contributed by atoms with E-state index in [1.165, 1.54) is 0 Å². The van der Waals surface area contributed by atoms with Gasteiger partial charge in [0.25, 0.3) is 0 Å². The number of aryl methyl sites for hydroxylation is 1. The standard InChI is InChI=1S/C27H30F3N5O2/c1-17-10-25(23-6-3-4-7-24(23)32-17)33-19-11-18(27(28,29)30)12-22(13-19)37-9-5-8-34-15-21-14-20(34)16-35(21)26(36)31-2/h3-4,6-7,10-13,20-21H,5,8-9,14-16H2,1-2H3,(H,31,36)(H,32,33). The van der Waals surface area contributed by atoms with Crippen molar-refractivity contribution in [2.75, 3.05) is 38.6 Å². The predicted molar refractivity (Wildman–Crippen MR) is 136 cm³/mol. The number of benzene rings is 2. The van der Waals surface area contributed by atoms with E-state index < -0.39 is 11.7 Å². The van der Waals surface area contributed by atoms with Gasteiger partial charge in [-0.2, -0.15) is 13.2 Å². The third-order valence-electron chi connectivity index (χ3n) is 7.04. The highest BCUT2D eigenvalue weighted by molar-refractivity contribution is 5.93. The first kappa shape index (κ1) is 25.1. The van der Waals surface area contributed by atoms with Crippen LogP contribution in [0.2, 0.25) is 0 Å². The number of piperazine rings is 1. The Morgan fingerprint density at radius 1 is 1.14 bits per heavy atom. The molecule has 2 aliphatic rings. The van der Waals surface area contributed by atoms with Gasteiger partial charge in [0.05, 0.1) is 17.7 Å². The second kappa shape index (κ2) is 10.1. The molecule has 0 aliphatic carbocycles. The largest absolute Gasteiger partial charge is 0.493 e. The van der Waals surface area contributed by atoms with Crippen molar-refractivity contribution in [2.45, 2.75) is 38.0 Å². The van der Waals surface area contributed by atoms with Crippen LogP contribution in [0.4, 0.5) is 29.3 Å². The van der Waals surface area contributed by atoms with Crippen LogP contribution < -0.4 is 15.4 Å². The first-order chi connectivity index (χ1) is 17.7. The lowest BCUT2D eigenvalue weighted by Crippen LogP contribution is -2.51. The maximum absolute atomic E-state index is 13.7. The summed E-state index contributed by atoms with van der Waals surface area (Å²) in [6.45, 7) is 4.44. The first-order valence-corrected chi connectivity index (χ1v) is 12.4. The summed E-state index contributed by atoms with van der Waals surface area (Å²) in [5.41, 5.74) is 1.74. The number of anilines is 2. The van der Waals surface area contributed by atoms with Crippen LogP contribution in [0.15, 0.2) is 48.5 Å². The van der Waals surface area contributed by atoms with E-state index in [1.807, 2.05) is 42.2 Å². The topological polar surface area (TPSA) is 69.7 Å². The van der Waals surface area contributed by atoms with Gasteiger partial charge in [0.2, 0.25) is 0 Å².